The van der Waals surface area contributed by atoms with Gasteiger partial charge >= 0.3 is 0 Å². The summed E-state index contributed by atoms with van der Waals surface area (Å²) in [5.74, 6) is -0.179. The number of hydrogen-bond donors (Lipinski definition) is 2. The number of halogens is 2. The number of benzene rings is 2. The summed E-state index contributed by atoms with van der Waals surface area (Å²) in [5, 5.41) is 3.94. The highest BCUT2D eigenvalue weighted by atomic mass is 35.5. The molecule has 1 heterocycles. The molecule has 1 amide bonds. The highest BCUT2D eigenvalue weighted by Crippen LogP contribution is 2.38. The van der Waals surface area contributed by atoms with E-state index in [1.165, 1.54) is 0 Å². The molecule has 0 fully saturated rings. The van der Waals surface area contributed by atoms with Crippen molar-refractivity contribution in [1.82, 2.24) is 14.9 Å². The zero-order chi connectivity index (χ0) is 36.7. The molecule has 3 rings (SSSR count). The number of fused-ring (bicyclic) bond motifs is 1. The molecule has 51 heavy (non-hydrogen) atoms. The number of hydrogen-bond acceptors (Lipinski definition) is 11. The molecule has 0 saturated heterocycles. The van der Waals surface area contributed by atoms with E-state index < -0.39 is 10.0 Å². The van der Waals surface area contributed by atoms with E-state index in [4.69, 9.17) is 56.4 Å². The van der Waals surface area contributed by atoms with E-state index in [0.29, 0.717) is 116 Å². The third-order valence-electron chi connectivity index (χ3n) is 7.71. The predicted octanol–water partition coefficient (Wildman–Crippen LogP) is 3.49. The smallest absolute Gasteiger partial charge is 0.240 e. The Morgan fingerprint density at radius 2 is 1.35 bits per heavy atom. The summed E-state index contributed by atoms with van der Waals surface area (Å²) < 4.78 is 66.5. The summed E-state index contributed by atoms with van der Waals surface area (Å²) in [6, 6.07) is 10.6. The van der Waals surface area contributed by atoms with Crippen molar-refractivity contribution in [3.8, 4) is 0 Å². The molecule has 0 aliphatic carbocycles. The largest absolute Gasteiger partial charge is 0.379 e. The average Bonchev–Trinajstić information content (AvgIpc) is 3.10. The van der Waals surface area contributed by atoms with Crippen LogP contribution in [0.1, 0.15) is 36.0 Å². The Morgan fingerprint density at radius 3 is 1.98 bits per heavy atom. The fourth-order valence-corrected chi connectivity index (χ4v) is 6.86. The van der Waals surface area contributed by atoms with E-state index >= 15 is 0 Å². The molecule has 0 saturated carbocycles. The standard InChI is InChI=1S/C35H53Cl2N3O10S/c1-3-44-13-14-48-21-22-49-18-15-45-10-7-35(41)38-8-11-46-16-19-50-20-17-47-12-9-39-51(42,43)30-6-4-5-28(23-30)32-26-40(2)27-33-31(32)24-29(36)25-34(33)37/h4-6,23-25,32,39H,3,7-22,26-27H2,1-2H3,(H,38,41). The number of ether oxygens (including phenoxy) is 7. The molecule has 1 unspecified atom stereocenters. The van der Waals surface area contributed by atoms with Crippen molar-refractivity contribution in [3.05, 3.63) is 63.1 Å². The third kappa shape index (κ3) is 17.2. The zero-order valence-electron chi connectivity index (χ0n) is 29.7. The van der Waals surface area contributed by atoms with E-state index in [-0.39, 0.29) is 36.3 Å². The Balaban J connectivity index is 1.16. The average molecular weight is 779 g/mol. The fourth-order valence-electron chi connectivity index (χ4n) is 5.22. The summed E-state index contributed by atoms with van der Waals surface area (Å²) >= 11 is 12.8. The van der Waals surface area contributed by atoms with Crippen LogP contribution in [0.25, 0.3) is 0 Å². The van der Waals surface area contributed by atoms with Crippen molar-refractivity contribution in [2.75, 3.05) is 119 Å². The van der Waals surface area contributed by atoms with Gasteiger partial charge in [-0.3, -0.25) is 4.79 Å². The topological polar surface area (TPSA) is 143 Å². The van der Waals surface area contributed by atoms with Gasteiger partial charge in [-0.05, 0) is 54.9 Å². The van der Waals surface area contributed by atoms with Crippen molar-refractivity contribution in [3.63, 3.8) is 0 Å². The van der Waals surface area contributed by atoms with Crippen LogP contribution in [0, 0.1) is 0 Å². The Kier molecular flexibility index (Phi) is 21.5. The van der Waals surface area contributed by atoms with Crippen LogP contribution < -0.4 is 10.0 Å². The van der Waals surface area contributed by atoms with Crippen LogP contribution in [0.3, 0.4) is 0 Å². The van der Waals surface area contributed by atoms with Crippen molar-refractivity contribution < 1.29 is 46.4 Å². The van der Waals surface area contributed by atoms with Gasteiger partial charge in [0.05, 0.1) is 90.8 Å². The van der Waals surface area contributed by atoms with Crippen LogP contribution in [0.2, 0.25) is 10.0 Å². The lowest BCUT2D eigenvalue weighted by molar-refractivity contribution is -0.122. The molecule has 1 atom stereocenters. The lowest BCUT2D eigenvalue weighted by Crippen LogP contribution is -2.31. The van der Waals surface area contributed by atoms with Crippen molar-refractivity contribution in [2.24, 2.45) is 0 Å². The van der Waals surface area contributed by atoms with Crippen molar-refractivity contribution in [1.29, 1.82) is 0 Å². The van der Waals surface area contributed by atoms with Gasteiger partial charge in [-0.1, -0.05) is 35.3 Å². The van der Waals surface area contributed by atoms with Gasteiger partial charge in [0.1, 0.15) is 0 Å². The molecule has 2 aromatic rings. The monoisotopic (exact) mass is 777 g/mol. The minimum absolute atomic E-state index is 0.0689. The van der Waals surface area contributed by atoms with Gasteiger partial charge in [-0.2, -0.15) is 0 Å². The maximum atomic E-state index is 13.0. The molecule has 288 valence electrons. The van der Waals surface area contributed by atoms with Crippen molar-refractivity contribution >= 4 is 39.1 Å². The Bertz CT molecular complexity index is 1410. The molecular weight excluding hydrogens is 725 g/mol. The summed E-state index contributed by atoms with van der Waals surface area (Å²) in [4.78, 5) is 14.2. The van der Waals surface area contributed by atoms with Crippen LogP contribution in [0.5, 0.6) is 0 Å². The maximum Gasteiger partial charge on any atom is 0.240 e. The number of carbonyl (C=O) groups is 1. The van der Waals surface area contributed by atoms with E-state index in [1.54, 1.807) is 24.3 Å². The first-order valence-corrected chi connectivity index (χ1v) is 19.5. The summed E-state index contributed by atoms with van der Waals surface area (Å²) in [7, 11) is -1.74. The minimum Gasteiger partial charge on any atom is -0.379 e. The minimum atomic E-state index is -3.75. The van der Waals surface area contributed by atoms with E-state index in [2.05, 4.69) is 14.9 Å². The molecule has 1 aliphatic rings. The van der Waals surface area contributed by atoms with E-state index in [9.17, 15) is 13.2 Å². The van der Waals surface area contributed by atoms with Crippen LogP contribution in [-0.2, 0) is 54.5 Å². The molecule has 0 radical (unpaired) electrons. The van der Waals surface area contributed by atoms with Crippen molar-refractivity contribution in [2.45, 2.75) is 30.7 Å². The van der Waals surface area contributed by atoms with Crippen LogP contribution in [-0.4, -0.2) is 138 Å². The summed E-state index contributed by atoms with van der Waals surface area (Å²) in [6.07, 6.45) is 0.262. The Labute approximate surface area is 312 Å². The lowest BCUT2D eigenvalue weighted by atomic mass is 9.85. The van der Waals surface area contributed by atoms with Gasteiger partial charge in [0.15, 0.2) is 0 Å². The van der Waals surface area contributed by atoms with Gasteiger partial charge in [0, 0.05) is 55.2 Å². The van der Waals surface area contributed by atoms with Crippen LogP contribution in [0.4, 0.5) is 0 Å². The number of nitrogens with zero attached hydrogens (tertiary/aromatic N) is 1. The molecular formula is C35H53Cl2N3O10S. The van der Waals surface area contributed by atoms with Gasteiger partial charge < -0.3 is 43.4 Å². The first-order chi connectivity index (χ1) is 24.7. The highest BCUT2D eigenvalue weighted by Gasteiger charge is 2.28. The number of rotatable bonds is 28. The number of carbonyl (C=O) groups excluding carboxylic acids is 1. The van der Waals surface area contributed by atoms with E-state index in [1.807, 2.05) is 26.1 Å². The van der Waals surface area contributed by atoms with Crippen LogP contribution in [0.15, 0.2) is 41.3 Å². The third-order valence-corrected chi connectivity index (χ3v) is 9.72. The SMILES string of the molecule is CCOCCOCCOCCOCCC(=O)NCCOCCOCCOCCNS(=O)(=O)c1cccc(C2CN(C)Cc3c(Cl)cc(Cl)cc32)c1. The van der Waals surface area contributed by atoms with Gasteiger partial charge in [0.2, 0.25) is 15.9 Å². The molecule has 2 N–H and O–H groups in total. The van der Waals surface area contributed by atoms with Gasteiger partial charge in [0.25, 0.3) is 0 Å². The quantitative estimate of drug-likeness (QED) is 0.123. The predicted molar refractivity (Wildman–Crippen MR) is 195 cm³/mol. The number of nitrogens with one attached hydrogen (secondary N) is 2. The molecule has 16 heteroatoms. The van der Waals surface area contributed by atoms with Crippen LogP contribution >= 0.6 is 23.2 Å². The first-order valence-electron chi connectivity index (χ1n) is 17.3. The molecule has 2 aromatic carbocycles. The summed E-state index contributed by atoms with van der Waals surface area (Å²) in [6.45, 7) is 9.81. The second-order valence-electron chi connectivity index (χ2n) is 11.6. The fraction of sp³-hybridized carbons (Fsp3) is 0.629. The second kappa shape index (κ2) is 25.2. The number of sulfonamides is 1. The van der Waals surface area contributed by atoms with Gasteiger partial charge in [-0.15, -0.1) is 0 Å². The lowest BCUT2D eigenvalue weighted by Gasteiger charge is -2.33. The Hall–Kier alpha value is -1.92. The first kappa shape index (κ1) is 43.5. The molecule has 0 spiro atoms. The molecule has 1 aliphatic heterocycles. The molecule has 0 aromatic heterocycles. The maximum absolute atomic E-state index is 13.0. The van der Waals surface area contributed by atoms with E-state index in [0.717, 1.165) is 16.7 Å². The highest BCUT2D eigenvalue weighted by molar-refractivity contribution is 7.89. The number of likely N-dealkylation sites (N-methyl/N-ethyl adjacent to an activating group) is 1. The zero-order valence-corrected chi connectivity index (χ0v) is 32.0. The normalized spacial score (nSPS) is 14.9. The Morgan fingerprint density at radius 1 is 0.784 bits per heavy atom. The second-order valence-corrected chi connectivity index (χ2v) is 14.3. The summed E-state index contributed by atoms with van der Waals surface area (Å²) in [5.41, 5.74) is 2.89. The molecule has 13 nitrogen and oxygen atoms in total. The molecule has 0 bridgehead atoms. The van der Waals surface area contributed by atoms with Gasteiger partial charge in [-0.25, -0.2) is 13.1 Å². The number of amides is 1.